The molecule has 0 aliphatic heterocycles. The van der Waals surface area contributed by atoms with E-state index in [1.165, 1.54) is 24.3 Å². The molecule has 0 aliphatic carbocycles. The second-order valence-corrected chi connectivity index (χ2v) is 5.90. The molecule has 0 radical (unpaired) electrons. The van der Waals surface area contributed by atoms with Gasteiger partial charge in [0.05, 0.1) is 4.90 Å². The number of nitrogens with one attached hydrogen (secondary N) is 1. The van der Waals surface area contributed by atoms with Gasteiger partial charge < -0.3 is 14.9 Å². The van der Waals surface area contributed by atoms with Gasteiger partial charge in [-0.1, -0.05) is 0 Å². The zero-order chi connectivity index (χ0) is 15.2. The van der Waals surface area contributed by atoms with Crippen LogP contribution in [0.15, 0.2) is 29.2 Å². The number of sulfonamides is 1. The van der Waals surface area contributed by atoms with E-state index in [1.807, 2.05) is 0 Å². The van der Waals surface area contributed by atoms with Crippen LogP contribution in [-0.2, 0) is 14.8 Å². The van der Waals surface area contributed by atoms with E-state index < -0.39 is 22.6 Å². The quantitative estimate of drug-likeness (QED) is 0.632. The third-order valence-electron chi connectivity index (χ3n) is 2.41. The van der Waals surface area contributed by atoms with Crippen molar-refractivity contribution in [1.82, 2.24) is 4.72 Å². The minimum Gasteiger partial charge on any atom is -0.482 e. The number of rotatable bonds is 8. The number of aliphatic carboxylic acids is 1. The van der Waals surface area contributed by atoms with E-state index in [4.69, 9.17) is 14.9 Å². The molecule has 0 spiro atoms. The summed E-state index contributed by atoms with van der Waals surface area (Å²) in [6.45, 7) is 1.06. The number of aliphatic hydroxyl groups excluding tert-OH is 1. The molecule has 0 aromatic heterocycles. The highest BCUT2D eigenvalue weighted by Gasteiger charge is 2.17. The van der Waals surface area contributed by atoms with Crippen LogP contribution in [0.3, 0.4) is 0 Å². The highest BCUT2D eigenvalue weighted by Crippen LogP contribution is 2.16. The predicted molar refractivity (Wildman–Crippen MR) is 71.1 cm³/mol. The zero-order valence-electron chi connectivity index (χ0n) is 10.9. The molecule has 112 valence electrons. The molecule has 0 fully saturated rings. The minimum absolute atomic E-state index is 0.0463. The van der Waals surface area contributed by atoms with Gasteiger partial charge in [-0.2, -0.15) is 0 Å². The summed E-state index contributed by atoms with van der Waals surface area (Å²) in [5.74, 6) is -0.837. The Hall–Kier alpha value is -1.64. The Labute approximate surface area is 117 Å². The summed E-state index contributed by atoms with van der Waals surface area (Å²) in [5, 5.41) is 17.2. The lowest BCUT2D eigenvalue weighted by molar-refractivity contribution is -0.139. The maximum Gasteiger partial charge on any atom is 0.341 e. The van der Waals surface area contributed by atoms with Gasteiger partial charge in [-0.25, -0.2) is 17.9 Å². The molecule has 3 N–H and O–H groups in total. The molecule has 0 saturated heterocycles. The van der Waals surface area contributed by atoms with Crippen molar-refractivity contribution in [1.29, 1.82) is 0 Å². The molecule has 0 amide bonds. The van der Waals surface area contributed by atoms with Crippen molar-refractivity contribution in [2.45, 2.75) is 24.3 Å². The molecule has 1 atom stereocenters. The SMILES string of the molecule is CC(CCO)NS(=O)(=O)c1ccc(OCC(=O)O)cc1. The fourth-order valence-electron chi connectivity index (χ4n) is 1.45. The summed E-state index contributed by atoms with van der Waals surface area (Å²) in [4.78, 5) is 10.4. The first-order valence-electron chi connectivity index (χ1n) is 5.93. The number of benzene rings is 1. The van der Waals surface area contributed by atoms with Gasteiger partial charge >= 0.3 is 5.97 Å². The van der Waals surface area contributed by atoms with Gasteiger partial charge in [0.1, 0.15) is 5.75 Å². The lowest BCUT2D eigenvalue weighted by atomic mass is 10.3. The van der Waals surface area contributed by atoms with E-state index in [9.17, 15) is 13.2 Å². The average molecular weight is 303 g/mol. The largest absolute Gasteiger partial charge is 0.482 e. The number of carbonyl (C=O) groups is 1. The highest BCUT2D eigenvalue weighted by molar-refractivity contribution is 7.89. The summed E-state index contributed by atoms with van der Waals surface area (Å²) < 4.78 is 31.3. The molecule has 1 unspecified atom stereocenters. The lowest BCUT2D eigenvalue weighted by Gasteiger charge is -2.13. The van der Waals surface area contributed by atoms with Crippen molar-refractivity contribution in [2.24, 2.45) is 0 Å². The summed E-state index contributed by atoms with van der Waals surface area (Å²) in [7, 11) is -3.66. The van der Waals surface area contributed by atoms with Crippen molar-refractivity contribution < 1.29 is 28.2 Å². The number of ether oxygens (including phenoxy) is 1. The van der Waals surface area contributed by atoms with Crippen LogP contribution in [0.1, 0.15) is 13.3 Å². The van der Waals surface area contributed by atoms with Gasteiger partial charge in [0.25, 0.3) is 0 Å². The fourth-order valence-corrected chi connectivity index (χ4v) is 2.72. The third-order valence-corrected chi connectivity index (χ3v) is 4.02. The van der Waals surface area contributed by atoms with Crippen molar-refractivity contribution in [3.63, 3.8) is 0 Å². The lowest BCUT2D eigenvalue weighted by Crippen LogP contribution is -2.33. The molecule has 0 aliphatic rings. The van der Waals surface area contributed by atoms with E-state index in [2.05, 4.69) is 4.72 Å². The molecular formula is C12H17NO6S. The zero-order valence-corrected chi connectivity index (χ0v) is 11.8. The van der Waals surface area contributed by atoms with E-state index in [0.717, 1.165) is 0 Å². The molecule has 20 heavy (non-hydrogen) atoms. The molecule has 8 heteroatoms. The molecule has 0 bridgehead atoms. The van der Waals surface area contributed by atoms with Crippen LogP contribution in [0.5, 0.6) is 5.75 Å². The average Bonchev–Trinajstić information content (AvgIpc) is 2.36. The first-order valence-corrected chi connectivity index (χ1v) is 7.41. The van der Waals surface area contributed by atoms with E-state index in [0.29, 0.717) is 6.42 Å². The van der Waals surface area contributed by atoms with Gasteiger partial charge in [-0.05, 0) is 37.6 Å². The van der Waals surface area contributed by atoms with Crippen LogP contribution in [0.25, 0.3) is 0 Å². The molecular weight excluding hydrogens is 286 g/mol. The first kappa shape index (κ1) is 16.4. The molecule has 1 aromatic rings. The topological polar surface area (TPSA) is 113 Å². The molecule has 7 nitrogen and oxygen atoms in total. The van der Waals surface area contributed by atoms with Gasteiger partial charge in [0.15, 0.2) is 6.61 Å². The molecule has 1 aromatic carbocycles. The van der Waals surface area contributed by atoms with E-state index >= 15 is 0 Å². The fraction of sp³-hybridized carbons (Fsp3) is 0.417. The third kappa shape index (κ3) is 5.16. The molecule has 0 saturated carbocycles. The second-order valence-electron chi connectivity index (χ2n) is 4.19. The van der Waals surface area contributed by atoms with Crippen molar-refractivity contribution in [3.8, 4) is 5.75 Å². The van der Waals surface area contributed by atoms with Crippen LogP contribution in [0, 0.1) is 0 Å². The smallest absolute Gasteiger partial charge is 0.341 e. The van der Waals surface area contributed by atoms with Gasteiger partial charge in [0.2, 0.25) is 10.0 Å². The summed E-state index contributed by atoms with van der Waals surface area (Å²) in [5.41, 5.74) is 0. The maximum absolute atomic E-state index is 12.0. The van der Waals surface area contributed by atoms with Crippen LogP contribution >= 0.6 is 0 Å². The Morgan fingerprint density at radius 3 is 2.45 bits per heavy atom. The van der Waals surface area contributed by atoms with Gasteiger partial charge in [-0.3, -0.25) is 0 Å². The summed E-state index contributed by atoms with van der Waals surface area (Å²) >= 11 is 0. The monoisotopic (exact) mass is 303 g/mol. The van der Waals surface area contributed by atoms with Crippen molar-refractivity contribution >= 4 is 16.0 Å². The Bertz CT molecular complexity index is 540. The highest BCUT2D eigenvalue weighted by atomic mass is 32.2. The Balaban J connectivity index is 2.74. The summed E-state index contributed by atoms with van der Waals surface area (Å²) in [6.07, 6.45) is 0.318. The van der Waals surface area contributed by atoms with Crippen molar-refractivity contribution in [2.75, 3.05) is 13.2 Å². The normalized spacial score (nSPS) is 12.9. The molecule has 0 heterocycles. The maximum atomic E-state index is 12.0. The number of carboxylic acid groups (broad SMARTS) is 1. The summed E-state index contributed by atoms with van der Waals surface area (Å²) in [6, 6.07) is 5.03. The Morgan fingerprint density at radius 2 is 1.95 bits per heavy atom. The van der Waals surface area contributed by atoms with E-state index in [1.54, 1.807) is 6.92 Å². The Morgan fingerprint density at radius 1 is 1.35 bits per heavy atom. The first-order chi connectivity index (χ1) is 9.35. The van der Waals surface area contributed by atoms with Crippen molar-refractivity contribution in [3.05, 3.63) is 24.3 Å². The van der Waals surface area contributed by atoms with Crippen LogP contribution in [0.2, 0.25) is 0 Å². The second kappa shape index (κ2) is 7.22. The molecule has 1 rings (SSSR count). The van der Waals surface area contributed by atoms with Crippen LogP contribution in [-0.4, -0.2) is 43.9 Å². The van der Waals surface area contributed by atoms with Crippen LogP contribution < -0.4 is 9.46 Å². The van der Waals surface area contributed by atoms with Gasteiger partial charge in [-0.15, -0.1) is 0 Å². The van der Waals surface area contributed by atoms with Crippen LogP contribution in [0.4, 0.5) is 0 Å². The minimum atomic E-state index is -3.66. The number of aliphatic hydroxyl groups is 1. The number of carboxylic acids is 1. The standard InChI is InChI=1S/C12H17NO6S/c1-9(6-7-14)13-20(17,18)11-4-2-10(3-5-11)19-8-12(15)16/h2-5,9,13-14H,6-8H2,1H3,(H,15,16). The number of hydrogen-bond acceptors (Lipinski definition) is 5. The van der Waals surface area contributed by atoms with E-state index in [-0.39, 0.29) is 23.3 Å². The number of hydrogen-bond donors (Lipinski definition) is 3. The predicted octanol–water partition coefficient (Wildman–Crippen LogP) is 0.199. The van der Waals surface area contributed by atoms with Gasteiger partial charge in [0, 0.05) is 12.6 Å². The Kier molecular flexibility index (Phi) is 5.93.